The van der Waals surface area contributed by atoms with Crippen LogP contribution in [0.2, 0.25) is 0 Å². The molecule has 6 heteroatoms. The molecular weight excluding hydrogens is 258 g/mol. The average Bonchev–Trinajstić information content (AvgIpc) is 2.37. The molecule has 0 bridgehead atoms. The predicted octanol–water partition coefficient (Wildman–Crippen LogP) is 1.02. The molecule has 1 amide bonds. The van der Waals surface area contributed by atoms with Gasteiger partial charge in [0.05, 0.1) is 11.7 Å². The smallest absolute Gasteiger partial charge is 0.255 e. The standard InChI is InChI=1S/C14H23N3O3/c1-9(5-2-3-8-12(15)16)17-14(20)10-6-4-7-11(18)13(10)19/h4,6-7,9,12,18-19H,2-3,5,8,15-16H2,1H3,(H,17,20). The van der Waals surface area contributed by atoms with Crippen LogP contribution in [-0.2, 0) is 0 Å². The van der Waals surface area contributed by atoms with E-state index in [1.54, 1.807) is 0 Å². The second-order valence-electron chi connectivity index (χ2n) is 5.00. The molecule has 0 heterocycles. The van der Waals surface area contributed by atoms with Crippen LogP contribution < -0.4 is 16.8 Å². The van der Waals surface area contributed by atoms with Gasteiger partial charge in [-0.2, -0.15) is 0 Å². The fraction of sp³-hybridized carbons (Fsp3) is 0.500. The summed E-state index contributed by atoms with van der Waals surface area (Å²) in [6.45, 7) is 1.89. The fourth-order valence-corrected chi connectivity index (χ4v) is 1.92. The number of carbonyl (C=O) groups excluding carboxylic acids is 1. The van der Waals surface area contributed by atoms with Crippen LogP contribution >= 0.6 is 0 Å². The van der Waals surface area contributed by atoms with E-state index in [1.807, 2.05) is 6.92 Å². The van der Waals surface area contributed by atoms with E-state index in [9.17, 15) is 15.0 Å². The number of carbonyl (C=O) groups is 1. The number of para-hydroxylation sites is 1. The second-order valence-corrected chi connectivity index (χ2v) is 5.00. The van der Waals surface area contributed by atoms with Crippen molar-refractivity contribution in [2.75, 3.05) is 0 Å². The summed E-state index contributed by atoms with van der Waals surface area (Å²) in [5, 5.41) is 21.8. The van der Waals surface area contributed by atoms with Crippen molar-refractivity contribution in [2.24, 2.45) is 11.5 Å². The molecule has 1 unspecified atom stereocenters. The molecular formula is C14H23N3O3. The maximum absolute atomic E-state index is 11.9. The second kappa shape index (κ2) is 7.72. The van der Waals surface area contributed by atoms with Gasteiger partial charge in [-0.05, 0) is 31.9 Å². The van der Waals surface area contributed by atoms with Gasteiger partial charge < -0.3 is 27.0 Å². The van der Waals surface area contributed by atoms with Crippen LogP contribution in [-0.4, -0.2) is 28.3 Å². The Morgan fingerprint density at radius 3 is 2.55 bits per heavy atom. The Labute approximate surface area is 118 Å². The molecule has 6 nitrogen and oxygen atoms in total. The van der Waals surface area contributed by atoms with Gasteiger partial charge in [-0.1, -0.05) is 18.9 Å². The largest absolute Gasteiger partial charge is 0.504 e. The maximum atomic E-state index is 11.9. The zero-order chi connectivity index (χ0) is 15.1. The Bertz CT molecular complexity index is 449. The van der Waals surface area contributed by atoms with Gasteiger partial charge in [0.15, 0.2) is 11.5 Å². The fourth-order valence-electron chi connectivity index (χ4n) is 1.92. The Hall–Kier alpha value is -1.79. The summed E-state index contributed by atoms with van der Waals surface area (Å²) < 4.78 is 0. The molecule has 0 saturated heterocycles. The van der Waals surface area contributed by atoms with Crippen LogP contribution in [0.15, 0.2) is 18.2 Å². The minimum atomic E-state index is -0.401. The van der Waals surface area contributed by atoms with E-state index >= 15 is 0 Å². The summed E-state index contributed by atoms with van der Waals surface area (Å²) in [5.74, 6) is -1.10. The zero-order valence-electron chi connectivity index (χ0n) is 11.7. The van der Waals surface area contributed by atoms with E-state index in [4.69, 9.17) is 11.5 Å². The van der Waals surface area contributed by atoms with Gasteiger partial charge in [0.25, 0.3) is 5.91 Å². The highest BCUT2D eigenvalue weighted by Gasteiger charge is 2.15. The topological polar surface area (TPSA) is 122 Å². The van der Waals surface area contributed by atoms with E-state index in [2.05, 4.69) is 5.32 Å². The lowest BCUT2D eigenvalue weighted by Gasteiger charge is -2.15. The minimum absolute atomic E-state index is 0.0294. The zero-order valence-corrected chi connectivity index (χ0v) is 11.7. The molecule has 20 heavy (non-hydrogen) atoms. The highest BCUT2D eigenvalue weighted by molar-refractivity contribution is 5.97. The SMILES string of the molecule is CC(CCCCC(N)N)NC(=O)c1cccc(O)c1O. The van der Waals surface area contributed by atoms with Gasteiger partial charge in [-0.15, -0.1) is 0 Å². The Kier molecular flexibility index (Phi) is 6.27. The van der Waals surface area contributed by atoms with E-state index in [0.717, 1.165) is 25.7 Å². The van der Waals surface area contributed by atoms with Crippen molar-refractivity contribution in [3.8, 4) is 11.5 Å². The number of hydrogen-bond acceptors (Lipinski definition) is 5. The quantitative estimate of drug-likeness (QED) is 0.290. The molecule has 0 aliphatic rings. The lowest BCUT2D eigenvalue weighted by atomic mass is 10.1. The summed E-state index contributed by atoms with van der Waals surface area (Å²) in [6, 6.07) is 4.27. The molecule has 0 saturated carbocycles. The summed E-state index contributed by atoms with van der Waals surface area (Å²) in [5.41, 5.74) is 11.0. The first-order chi connectivity index (χ1) is 9.41. The molecule has 0 spiro atoms. The Morgan fingerprint density at radius 2 is 1.90 bits per heavy atom. The first-order valence-electron chi connectivity index (χ1n) is 6.74. The van der Waals surface area contributed by atoms with Crippen molar-refractivity contribution >= 4 is 5.91 Å². The van der Waals surface area contributed by atoms with Crippen LogP contribution in [0.4, 0.5) is 0 Å². The number of nitrogens with one attached hydrogen (secondary N) is 1. The van der Waals surface area contributed by atoms with Crippen molar-refractivity contribution in [1.29, 1.82) is 0 Å². The van der Waals surface area contributed by atoms with Gasteiger partial charge >= 0.3 is 0 Å². The minimum Gasteiger partial charge on any atom is -0.504 e. The molecule has 1 rings (SSSR count). The van der Waals surface area contributed by atoms with Crippen LogP contribution in [0.1, 0.15) is 43.0 Å². The van der Waals surface area contributed by atoms with Crippen LogP contribution in [0, 0.1) is 0 Å². The molecule has 0 aliphatic heterocycles. The average molecular weight is 281 g/mol. The lowest BCUT2D eigenvalue weighted by molar-refractivity contribution is 0.0934. The van der Waals surface area contributed by atoms with Gasteiger partial charge in [0, 0.05) is 6.04 Å². The molecule has 112 valence electrons. The predicted molar refractivity (Wildman–Crippen MR) is 77.3 cm³/mol. The molecule has 0 aliphatic carbocycles. The summed E-state index contributed by atoms with van der Waals surface area (Å²) in [4.78, 5) is 11.9. The molecule has 0 radical (unpaired) electrons. The molecule has 0 aromatic heterocycles. The summed E-state index contributed by atoms with van der Waals surface area (Å²) in [6.07, 6.45) is 3.10. The van der Waals surface area contributed by atoms with Crippen LogP contribution in [0.25, 0.3) is 0 Å². The Morgan fingerprint density at radius 1 is 1.25 bits per heavy atom. The van der Waals surface area contributed by atoms with E-state index in [0.29, 0.717) is 0 Å². The van der Waals surface area contributed by atoms with Gasteiger partial charge in [0.1, 0.15) is 0 Å². The number of hydrogen-bond donors (Lipinski definition) is 5. The van der Waals surface area contributed by atoms with Gasteiger partial charge in [-0.25, -0.2) is 0 Å². The number of phenolic OH excluding ortho intramolecular Hbond substituents is 2. The number of benzene rings is 1. The number of nitrogens with two attached hydrogens (primary N) is 2. The number of unbranched alkanes of at least 4 members (excludes halogenated alkanes) is 1. The van der Waals surface area contributed by atoms with Crippen LogP contribution in [0.3, 0.4) is 0 Å². The van der Waals surface area contributed by atoms with Crippen molar-refractivity contribution in [1.82, 2.24) is 5.32 Å². The van der Waals surface area contributed by atoms with Gasteiger partial charge in [-0.3, -0.25) is 4.79 Å². The molecule has 0 fully saturated rings. The monoisotopic (exact) mass is 281 g/mol. The third-order valence-electron chi connectivity index (χ3n) is 3.06. The molecule has 1 aromatic carbocycles. The molecule has 1 aromatic rings. The van der Waals surface area contributed by atoms with Crippen LogP contribution in [0.5, 0.6) is 11.5 Å². The maximum Gasteiger partial charge on any atom is 0.255 e. The van der Waals surface area contributed by atoms with Crippen molar-refractivity contribution in [2.45, 2.75) is 44.8 Å². The highest BCUT2D eigenvalue weighted by Crippen LogP contribution is 2.28. The van der Waals surface area contributed by atoms with E-state index < -0.39 is 11.7 Å². The highest BCUT2D eigenvalue weighted by atomic mass is 16.3. The normalized spacial score (nSPS) is 12.4. The summed E-state index contributed by atoms with van der Waals surface area (Å²) >= 11 is 0. The van der Waals surface area contributed by atoms with Crippen molar-refractivity contribution in [3.05, 3.63) is 23.8 Å². The molecule has 1 atom stereocenters. The van der Waals surface area contributed by atoms with Gasteiger partial charge in [0.2, 0.25) is 0 Å². The third kappa shape index (κ3) is 5.07. The summed E-state index contributed by atoms with van der Waals surface area (Å²) in [7, 11) is 0. The number of amides is 1. The first kappa shape index (κ1) is 16.3. The first-order valence-corrected chi connectivity index (χ1v) is 6.74. The van der Waals surface area contributed by atoms with Crippen molar-refractivity contribution < 1.29 is 15.0 Å². The third-order valence-corrected chi connectivity index (χ3v) is 3.06. The number of aromatic hydroxyl groups is 2. The number of phenols is 2. The van der Waals surface area contributed by atoms with E-state index in [1.165, 1.54) is 18.2 Å². The molecule has 7 N–H and O–H groups in total. The Balaban J connectivity index is 2.43. The number of rotatable bonds is 7. The lowest BCUT2D eigenvalue weighted by Crippen LogP contribution is -2.33. The van der Waals surface area contributed by atoms with E-state index in [-0.39, 0.29) is 23.5 Å². The van der Waals surface area contributed by atoms with Crippen molar-refractivity contribution in [3.63, 3.8) is 0 Å².